The van der Waals surface area contributed by atoms with E-state index >= 15 is 0 Å². The molecule has 1 aliphatic heterocycles. The highest BCUT2D eigenvalue weighted by Gasteiger charge is 2.41. The number of hydrogen-bond donors (Lipinski definition) is 0. The topological polar surface area (TPSA) is 55.7 Å². The molecule has 2 aromatic rings. The Hall–Kier alpha value is -1.91. The van der Waals surface area contributed by atoms with E-state index < -0.39 is 4.92 Å². The lowest BCUT2D eigenvalue weighted by molar-refractivity contribution is -0.384. The molecule has 3 rings (SSSR count). The maximum absolute atomic E-state index is 10.6. The molecule has 2 aromatic carbocycles. The molecule has 1 heterocycles. The van der Waals surface area contributed by atoms with E-state index in [2.05, 4.69) is 0 Å². The lowest BCUT2D eigenvalue weighted by Crippen LogP contribution is -1.89. The van der Waals surface area contributed by atoms with Crippen LogP contribution in [-0.2, 0) is 4.74 Å². The summed E-state index contributed by atoms with van der Waals surface area (Å²) in [6.07, 6.45) is -0.0132. The lowest BCUT2D eigenvalue weighted by atomic mass is 10.0. The minimum absolute atomic E-state index is 0.0127. The predicted molar refractivity (Wildman–Crippen MR) is 71.1 cm³/mol. The third-order valence-electron chi connectivity index (χ3n) is 3.12. The number of nitrogens with zero attached hydrogens (tertiary/aromatic N) is 1. The van der Waals surface area contributed by atoms with Crippen molar-refractivity contribution in [2.45, 2.75) is 12.2 Å². The highest BCUT2D eigenvalue weighted by atomic mass is 35.5. The second-order valence-corrected chi connectivity index (χ2v) is 4.81. The molecule has 4 nitrogen and oxygen atoms in total. The van der Waals surface area contributed by atoms with Gasteiger partial charge in [0, 0.05) is 17.2 Å². The van der Waals surface area contributed by atoms with Crippen LogP contribution in [0.25, 0.3) is 0 Å². The molecule has 0 unspecified atom stereocenters. The van der Waals surface area contributed by atoms with E-state index in [1.165, 1.54) is 12.1 Å². The van der Waals surface area contributed by atoms with Gasteiger partial charge in [0.1, 0.15) is 12.2 Å². The molecule has 0 aromatic heterocycles. The number of nitro benzene ring substituents is 1. The first-order chi connectivity index (χ1) is 9.15. The number of rotatable bonds is 3. The van der Waals surface area contributed by atoms with Crippen LogP contribution in [0.1, 0.15) is 23.3 Å². The van der Waals surface area contributed by atoms with E-state index in [-0.39, 0.29) is 17.9 Å². The van der Waals surface area contributed by atoms with Gasteiger partial charge >= 0.3 is 0 Å². The van der Waals surface area contributed by atoms with Crippen LogP contribution in [-0.4, -0.2) is 4.92 Å². The van der Waals surface area contributed by atoms with Crippen LogP contribution in [0.4, 0.5) is 5.69 Å². The standard InChI is InChI=1S/C14H10ClNO3/c15-11-5-1-9(2-6-11)13-14(19-13)10-3-7-12(8-4-10)16(17)18/h1-8,13-14H/t13-,14+/m0/s1. The highest BCUT2D eigenvalue weighted by molar-refractivity contribution is 6.30. The first-order valence-corrected chi connectivity index (χ1v) is 6.18. The van der Waals surface area contributed by atoms with Crippen LogP contribution in [0.2, 0.25) is 5.02 Å². The van der Waals surface area contributed by atoms with Crippen molar-refractivity contribution in [2.75, 3.05) is 0 Å². The second-order valence-electron chi connectivity index (χ2n) is 4.38. The Labute approximate surface area is 114 Å². The van der Waals surface area contributed by atoms with E-state index in [0.717, 1.165) is 11.1 Å². The average Bonchev–Trinajstić information content (AvgIpc) is 3.20. The van der Waals surface area contributed by atoms with E-state index in [9.17, 15) is 10.1 Å². The Balaban J connectivity index is 1.75. The summed E-state index contributed by atoms with van der Waals surface area (Å²) >= 11 is 5.83. The monoisotopic (exact) mass is 275 g/mol. The Morgan fingerprint density at radius 1 is 0.947 bits per heavy atom. The zero-order valence-electron chi connectivity index (χ0n) is 9.82. The summed E-state index contributed by atoms with van der Waals surface area (Å²) in [7, 11) is 0. The molecule has 19 heavy (non-hydrogen) atoms. The van der Waals surface area contributed by atoms with Crippen molar-refractivity contribution < 1.29 is 9.66 Å². The SMILES string of the molecule is O=[N+]([O-])c1ccc([C@H]2O[C@H]2c2ccc(Cl)cc2)cc1. The molecule has 0 radical (unpaired) electrons. The first-order valence-electron chi connectivity index (χ1n) is 5.80. The van der Waals surface area contributed by atoms with Crippen molar-refractivity contribution in [1.29, 1.82) is 0 Å². The largest absolute Gasteiger partial charge is 0.359 e. The molecule has 0 amide bonds. The molecule has 0 N–H and O–H groups in total. The fourth-order valence-electron chi connectivity index (χ4n) is 2.06. The minimum atomic E-state index is -0.409. The first kappa shape index (κ1) is 12.1. The zero-order chi connectivity index (χ0) is 13.4. The highest BCUT2D eigenvalue weighted by Crippen LogP contribution is 2.51. The predicted octanol–water partition coefficient (Wildman–Crippen LogP) is 4.06. The molecule has 5 heteroatoms. The Morgan fingerprint density at radius 3 is 1.89 bits per heavy atom. The smallest absolute Gasteiger partial charge is 0.269 e. The molecule has 1 saturated heterocycles. The quantitative estimate of drug-likeness (QED) is 0.482. The number of nitro groups is 1. The van der Waals surface area contributed by atoms with E-state index in [1.807, 2.05) is 24.3 Å². The number of halogens is 1. The molecule has 0 aliphatic carbocycles. The van der Waals surface area contributed by atoms with Gasteiger partial charge in [-0.2, -0.15) is 0 Å². The summed E-state index contributed by atoms with van der Waals surface area (Å²) < 4.78 is 5.62. The summed E-state index contributed by atoms with van der Waals surface area (Å²) in [5.74, 6) is 0. The number of non-ortho nitro benzene ring substituents is 1. The Morgan fingerprint density at radius 2 is 1.42 bits per heavy atom. The van der Waals surface area contributed by atoms with Crippen molar-refractivity contribution in [3.8, 4) is 0 Å². The molecule has 0 spiro atoms. The summed E-state index contributed by atoms with van der Waals surface area (Å²) in [5, 5.41) is 11.3. The van der Waals surface area contributed by atoms with E-state index in [0.29, 0.717) is 5.02 Å². The summed E-state index contributed by atoms with van der Waals surface area (Å²) in [5.41, 5.74) is 2.10. The third kappa shape index (κ3) is 2.45. The maximum atomic E-state index is 10.6. The molecular weight excluding hydrogens is 266 g/mol. The van der Waals surface area contributed by atoms with Crippen LogP contribution in [0.5, 0.6) is 0 Å². The molecule has 2 atom stereocenters. The molecule has 0 saturated carbocycles. The van der Waals surface area contributed by atoms with Crippen LogP contribution < -0.4 is 0 Å². The van der Waals surface area contributed by atoms with Gasteiger partial charge in [-0.25, -0.2) is 0 Å². The number of hydrogen-bond acceptors (Lipinski definition) is 3. The van der Waals surface area contributed by atoms with Crippen molar-refractivity contribution in [3.63, 3.8) is 0 Å². The van der Waals surface area contributed by atoms with Gasteiger partial charge in [-0.05, 0) is 35.4 Å². The van der Waals surface area contributed by atoms with Crippen molar-refractivity contribution in [3.05, 3.63) is 74.8 Å². The van der Waals surface area contributed by atoms with Gasteiger partial charge < -0.3 is 4.74 Å². The third-order valence-corrected chi connectivity index (χ3v) is 3.37. The molecular formula is C14H10ClNO3. The normalized spacial score (nSPS) is 21.1. The fourth-order valence-corrected chi connectivity index (χ4v) is 2.18. The van der Waals surface area contributed by atoms with Crippen LogP contribution >= 0.6 is 11.6 Å². The van der Waals surface area contributed by atoms with Crippen molar-refractivity contribution >= 4 is 17.3 Å². The van der Waals surface area contributed by atoms with Crippen LogP contribution in [0, 0.1) is 10.1 Å². The fraction of sp³-hybridized carbons (Fsp3) is 0.143. The number of benzene rings is 2. The maximum Gasteiger partial charge on any atom is 0.269 e. The van der Waals surface area contributed by atoms with E-state index in [4.69, 9.17) is 16.3 Å². The Kier molecular flexibility index (Phi) is 2.97. The van der Waals surface area contributed by atoms with Crippen LogP contribution in [0.15, 0.2) is 48.5 Å². The average molecular weight is 276 g/mol. The molecule has 1 aliphatic rings. The summed E-state index contributed by atoms with van der Waals surface area (Å²) in [6.45, 7) is 0. The van der Waals surface area contributed by atoms with Gasteiger partial charge in [-0.15, -0.1) is 0 Å². The summed E-state index contributed by atoms with van der Waals surface area (Å²) in [4.78, 5) is 10.2. The van der Waals surface area contributed by atoms with Gasteiger partial charge in [0.2, 0.25) is 0 Å². The number of epoxide rings is 1. The molecule has 0 bridgehead atoms. The lowest BCUT2D eigenvalue weighted by Gasteiger charge is -1.97. The second kappa shape index (κ2) is 4.64. The summed E-state index contributed by atoms with van der Waals surface area (Å²) in [6, 6.07) is 14.0. The van der Waals surface area contributed by atoms with Gasteiger partial charge in [-0.1, -0.05) is 23.7 Å². The van der Waals surface area contributed by atoms with Gasteiger partial charge in [-0.3, -0.25) is 10.1 Å². The molecule has 96 valence electrons. The van der Waals surface area contributed by atoms with Crippen LogP contribution in [0.3, 0.4) is 0 Å². The van der Waals surface area contributed by atoms with E-state index in [1.54, 1.807) is 12.1 Å². The molecule has 1 fully saturated rings. The van der Waals surface area contributed by atoms with Gasteiger partial charge in [0.25, 0.3) is 5.69 Å². The zero-order valence-corrected chi connectivity index (χ0v) is 10.6. The number of ether oxygens (including phenoxy) is 1. The van der Waals surface area contributed by atoms with Gasteiger partial charge in [0.05, 0.1) is 4.92 Å². The minimum Gasteiger partial charge on any atom is -0.359 e. The van der Waals surface area contributed by atoms with Crippen molar-refractivity contribution in [1.82, 2.24) is 0 Å². The van der Waals surface area contributed by atoms with Gasteiger partial charge in [0.15, 0.2) is 0 Å². The Bertz CT molecular complexity index is 610. The van der Waals surface area contributed by atoms with Crippen molar-refractivity contribution in [2.24, 2.45) is 0 Å².